The summed E-state index contributed by atoms with van der Waals surface area (Å²) in [6.07, 6.45) is 1.85. The average Bonchev–Trinajstić information content (AvgIpc) is 2.85. The summed E-state index contributed by atoms with van der Waals surface area (Å²) in [5.74, 6) is 0.0228. The Morgan fingerprint density at radius 1 is 1.37 bits per heavy atom. The van der Waals surface area contributed by atoms with Crippen molar-refractivity contribution in [2.24, 2.45) is 11.1 Å². The molecule has 0 aliphatic heterocycles. The second-order valence-corrected chi connectivity index (χ2v) is 5.78. The molecule has 1 amide bonds. The Kier molecular flexibility index (Phi) is 3.62. The van der Waals surface area contributed by atoms with Crippen molar-refractivity contribution in [1.29, 1.82) is 0 Å². The lowest BCUT2D eigenvalue weighted by molar-refractivity contribution is 0.0742. The van der Waals surface area contributed by atoms with Gasteiger partial charge in [0.25, 0.3) is 5.91 Å². The van der Waals surface area contributed by atoms with Crippen LogP contribution in [0.3, 0.4) is 0 Å². The van der Waals surface area contributed by atoms with Crippen LogP contribution in [0.15, 0.2) is 30.5 Å². The first-order chi connectivity index (χ1) is 8.94. The van der Waals surface area contributed by atoms with Crippen molar-refractivity contribution in [2.45, 2.75) is 13.8 Å². The molecule has 0 saturated heterocycles. The van der Waals surface area contributed by atoms with Gasteiger partial charge in [-0.25, -0.2) is 0 Å². The Morgan fingerprint density at radius 2 is 2.11 bits per heavy atom. The molecule has 0 bridgehead atoms. The van der Waals surface area contributed by atoms with Gasteiger partial charge in [-0.05, 0) is 24.1 Å². The number of rotatable bonds is 4. The molecule has 0 unspecified atom stereocenters. The number of benzene rings is 1. The maximum absolute atomic E-state index is 12.5. The van der Waals surface area contributed by atoms with E-state index in [1.54, 1.807) is 4.90 Å². The number of aromatic amines is 1. The second-order valence-electron chi connectivity index (χ2n) is 5.78. The summed E-state index contributed by atoms with van der Waals surface area (Å²) >= 11 is 0. The molecule has 0 saturated carbocycles. The van der Waals surface area contributed by atoms with Gasteiger partial charge in [-0.3, -0.25) is 4.79 Å². The zero-order valence-electron chi connectivity index (χ0n) is 11.7. The van der Waals surface area contributed by atoms with Crippen LogP contribution in [0.25, 0.3) is 10.9 Å². The number of nitrogens with one attached hydrogen (secondary N) is 1. The summed E-state index contributed by atoms with van der Waals surface area (Å²) in [5.41, 5.74) is 7.25. The van der Waals surface area contributed by atoms with Gasteiger partial charge in [0.05, 0.1) is 11.1 Å². The Balaban J connectivity index is 2.26. The molecular formula is C15H21N3O. The molecule has 4 heteroatoms. The van der Waals surface area contributed by atoms with Crippen LogP contribution in [0.4, 0.5) is 0 Å². The first-order valence-electron chi connectivity index (χ1n) is 6.46. The van der Waals surface area contributed by atoms with E-state index in [0.29, 0.717) is 18.7 Å². The molecule has 0 aliphatic rings. The van der Waals surface area contributed by atoms with Crippen LogP contribution in [0.2, 0.25) is 0 Å². The molecule has 2 rings (SSSR count). The number of para-hydroxylation sites is 1. The molecule has 19 heavy (non-hydrogen) atoms. The summed E-state index contributed by atoms with van der Waals surface area (Å²) in [7, 11) is 1.82. The van der Waals surface area contributed by atoms with Gasteiger partial charge in [0.2, 0.25) is 0 Å². The molecule has 1 heterocycles. The van der Waals surface area contributed by atoms with E-state index in [1.165, 1.54) is 0 Å². The maximum Gasteiger partial charge on any atom is 0.255 e. The third-order valence-corrected chi connectivity index (χ3v) is 3.38. The molecule has 0 aliphatic carbocycles. The lowest BCUT2D eigenvalue weighted by atomic mass is 9.93. The molecule has 2 aromatic rings. The van der Waals surface area contributed by atoms with Crippen LogP contribution < -0.4 is 5.73 Å². The summed E-state index contributed by atoms with van der Waals surface area (Å²) < 4.78 is 0. The predicted molar refractivity (Wildman–Crippen MR) is 78.1 cm³/mol. The van der Waals surface area contributed by atoms with Crippen LogP contribution in [0.5, 0.6) is 0 Å². The number of hydrogen-bond acceptors (Lipinski definition) is 2. The first kappa shape index (κ1) is 13.6. The monoisotopic (exact) mass is 259 g/mol. The van der Waals surface area contributed by atoms with Gasteiger partial charge in [0.1, 0.15) is 0 Å². The second kappa shape index (κ2) is 5.05. The fourth-order valence-corrected chi connectivity index (χ4v) is 2.25. The zero-order chi connectivity index (χ0) is 14.0. The Morgan fingerprint density at radius 3 is 2.79 bits per heavy atom. The van der Waals surface area contributed by atoms with Crippen LogP contribution in [-0.2, 0) is 0 Å². The van der Waals surface area contributed by atoms with E-state index in [4.69, 9.17) is 5.73 Å². The van der Waals surface area contributed by atoms with Gasteiger partial charge < -0.3 is 15.6 Å². The number of nitrogens with two attached hydrogens (primary N) is 1. The largest absolute Gasteiger partial charge is 0.361 e. The summed E-state index contributed by atoms with van der Waals surface area (Å²) in [6, 6.07) is 7.72. The number of H-pyrrole nitrogens is 1. The quantitative estimate of drug-likeness (QED) is 0.884. The molecule has 3 N–H and O–H groups in total. The predicted octanol–water partition coefficient (Wildman–Crippen LogP) is 2.22. The molecule has 1 aromatic carbocycles. The van der Waals surface area contributed by atoms with E-state index >= 15 is 0 Å². The van der Waals surface area contributed by atoms with Crippen molar-refractivity contribution < 1.29 is 4.79 Å². The lowest BCUT2D eigenvalue weighted by Crippen LogP contribution is -2.39. The van der Waals surface area contributed by atoms with Gasteiger partial charge in [0.15, 0.2) is 0 Å². The highest BCUT2D eigenvalue weighted by atomic mass is 16.2. The number of carbonyl (C=O) groups excluding carboxylic acids is 1. The van der Waals surface area contributed by atoms with Gasteiger partial charge >= 0.3 is 0 Å². The van der Waals surface area contributed by atoms with Crippen LogP contribution >= 0.6 is 0 Å². The zero-order valence-corrected chi connectivity index (χ0v) is 11.7. The van der Waals surface area contributed by atoms with Gasteiger partial charge in [-0.2, -0.15) is 0 Å². The van der Waals surface area contributed by atoms with E-state index in [1.807, 2.05) is 37.5 Å². The summed E-state index contributed by atoms with van der Waals surface area (Å²) in [4.78, 5) is 17.4. The van der Waals surface area contributed by atoms with Gasteiger partial charge in [0, 0.05) is 25.2 Å². The highest BCUT2D eigenvalue weighted by Crippen LogP contribution is 2.20. The molecule has 0 atom stereocenters. The summed E-state index contributed by atoms with van der Waals surface area (Å²) in [5, 5.41) is 1.05. The van der Waals surface area contributed by atoms with E-state index in [-0.39, 0.29) is 11.3 Å². The summed E-state index contributed by atoms with van der Waals surface area (Å²) in [6.45, 7) is 5.31. The fraction of sp³-hybridized carbons (Fsp3) is 0.400. The van der Waals surface area contributed by atoms with E-state index in [2.05, 4.69) is 18.8 Å². The smallest absolute Gasteiger partial charge is 0.255 e. The highest BCUT2D eigenvalue weighted by molar-refractivity contribution is 6.05. The molecule has 1 aromatic heterocycles. The molecule has 0 radical (unpaired) electrons. The number of amides is 1. The number of fused-ring (bicyclic) bond motifs is 1. The molecule has 0 spiro atoms. The molecule has 4 nitrogen and oxygen atoms in total. The molecular weight excluding hydrogens is 238 g/mol. The number of aromatic nitrogens is 1. The third kappa shape index (κ3) is 2.79. The van der Waals surface area contributed by atoms with Crippen molar-refractivity contribution in [3.05, 3.63) is 36.0 Å². The number of carbonyl (C=O) groups is 1. The maximum atomic E-state index is 12.5. The minimum atomic E-state index is -0.0754. The van der Waals surface area contributed by atoms with Crippen LogP contribution in [0, 0.1) is 5.41 Å². The highest BCUT2D eigenvalue weighted by Gasteiger charge is 2.23. The third-order valence-electron chi connectivity index (χ3n) is 3.38. The Bertz CT molecular complexity index is 586. The molecule has 0 fully saturated rings. The van der Waals surface area contributed by atoms with Crippen LogP contribution in [0.1, 0.15) is 24.2 Å². The van der Waals surface area contributed by atoms with Crippen molar-refractivity contribution >= 4 is 16.8 Å². The van der Waals surface area contributed by atoms with Gasteiger partial charge in [-0.1, -0.05) is 26.0 Å². The van der Waals surface area contributed by atoms with Crippen molar-refractivity contribution in [1.82, 2.24) is 9.88 Å². The Hall–Kier alpha value is -1.81. The van der Waals surface area contributed by atoms with Crippen molar-refractivity contribution in [3.63, 3.8) is 0 Å². The average molecular weight is 259 g/mol. The molecule has 102 valence electrons. The van der Waals surface area contributed by atoms with Crippen molar-refractivity contribution in [3.8, 4) is 0 Å². The number of nitrogens with zero attached hydrogens (tertiary/aromatic N) is 1. The standard InChI is InChI=1S/C15H21N3O/c1-15(2,9-16)10-18(3)14(19)12-6-4-5-11-7-8-17-13(11)12/h4-8,17H,9-10,16H2,1-3H3. The minimum Gasteiger partial charge on any atom is -0.361 e. The Labute approximate surface area is 113 Å². The number of hydrogen-bond donors (Lipinski definition) is 2. The normalized spacial score (nSPS) is 11.8. The van der Waals surface area contributed by atoms with E-state index < -0.39 is 0 Å². The SMILES string of the molecule is CN(CC(C)(C)CN)C(=O)c1cccc2cc[nH]c12. The van der Waals surface area contributed by atoms with E-state index in [0.717, 1.165) is 10.9 Å². The topological polar surface area (TPSA) is 62.1 Å². The minimum absolute atomic E-state index is 0.0228. The van der Waals surface area contributed by atoms with E-state index in [9.17, 15) is 4.79 Å². The first-order valence-corrected chi connectivity index (χ1v) is 6.46. The van der Waals surface area contributed by atoms with Gasteiger partial charge in [-0.15, -0.1) is 0 Å². The fourth-order valence-electron chi connectivity index (χ4n) is 2.25. The van der Waals surface area contributed by atoms with Crippen LogP contribution in [-0.4, -0.2) is 35.9 Å². The lowest BCUT2D eigenvalue weighted by Gasteiger charge is -2.29. The van der Waals surface area contributed by atoms with Crippen molar-refractivity contribution in [2.75, 3.05) is 20.1 Å².